The molecule has 1 aliphatic carbocycles. The predicted octanol–water partition coefficient (Wildman–Crippen LogP) is 4.48. The molecule has 0 unspecified atom stereocenters. The second-order valence-electron chi connectivity index (χ2n) is 9.42. The van der Waals surface area contributed by atoms with Gasteiger partial charge in [0.2, 0.25) is 11.8 Å². The Hall–Kier alpha value is -1.84. The summed E-state index contributed by atoms with van der Waals surface area (Å²) < 4.78 is 0. The largest absolute Gasteiger partial charge is 0.353 e. The van der Waals surface area contributed by atoms with Gasteiger partial charge in [-0.2, -0.15) is 0 Å². The van der Waals surface area contributed by atoms with Crippen LogP contribution in [0.25, 0.3) is 0 Å². The van der Waals surface area contributed by atoms with Crippen molar-refractivity contribution in [2.75, 3.05) is 6.54 Å². The molecular weight excluding hydrogens is 360 g/mol. The molecule has 1 aromatic rings. The first-order valence-electron chi connectivity index (χ1n) is 11.8. The standard InChI is InChI=1S/C25H36N2O2/c1-2-3-12-23(28)26-22-14-16-25-15-8-17-27(25)24(29)13-7-11-21(25)20(22)18-19-9-5-4-6-10-19/h4-6,9-10,20-22H,2-3,7-8,11-18H2,1H3,(H,26,28)/t20-,21+,22+,25-/m1/s1. The minimum Gasteiger partial charge on any atom is -0.353 e. The third-order valence-corrected chi connectivity index (χ3v) is 7.77. The third-order valence-electron chi connectivity index (χ3n) is 7.77. The van der Waals surface area contributed by atoms with Gasteiger partial charge in [-0.3, -0.25) is 9.59 Å². The van der Waals surface area contributed by atoms with Gasteiger partial charge in [0.15, 0.2) is 0 Å². The molecule has 4 nitrogen and oxygen atoms in total. The average molecular weight is 397 g/mol. The van der Waals surface area contributed by atoms with Crippen molar-refractivity contribution in [1.82, 2.24) is 10.2 Å². The van der Waals surface area contributed by atoms with E-state index in [-0.39, 0.29) is 17.5 Å². The number of carbonyl (C=O) groups excluding carboxylic acids is 2. The molecule has 3 fully saturated rings. The second-order valence-corrected chi connectivity index (χ2v) is 9.42. The quantitative estimate of drug-likeness (QED) is 0.771. The Kier molecular flexibility index (Phi) is 6.26. The summed E-state index contributed by atoms with van der Waals surface area (Å²) in [4.78, 5) is 27.7. The lowest BCUT2D eigenvalue weighted by atomic mass is 9.61. The number of rotatable bonds is 6. The van der Waals surface area contributed by atoms with Gasteiger partial charge in [0, 0.05) is 31.0 Å². The van der Waals surface area contributed by atoms with E-state index in [1.54, 1.807) is 0 Å². The minimum absolute atomic E-state index is 0.0394. The van der Waals surface area contributed by atoms with Gasteiger partial charge in [0.1, 0.15) is 0 Å². The Balaban J connectivity index is 1.62. The van der Waals surface area contributed by atoms with E-state index >= 15 is 0 Å². The fraction of sp³-hybridized carbons (Fsp3) is 0.680. The maximum Gasteiger partial charge on any atom is 0.223 e. The summed E-state index contributed by atoms with van der Waals surface area (Å²) in [6.45, 7) is 3.06. The molecule has 4 atom stereocenters. The van der Waals surface area contributed by atoms with E-state index in [2.05, 4.69) is 47.5 Å². The van der Waals surface area contributed by atoms with E-state index in [0.29, 0.717) is 30.6 Å². The Morgan fingerprint density at radius 1 is 1.17 bits per heavy atom. The van der Waals surface area contributed by atoms with Crippen LogP contribution in [-0.4, -0.2) is 34.8 Å². The second kappa shape index (κ2) is 8.89. The first-order valence-corrected chi connectivity index (χ1v) is 11.8. The summed E-state index contributed by atoms with van der Waals surface area (Å²) in [6.07, 6.45) is 10.8. The lowest BCUT2D eigenvalue weighted by molar-refractivity contribution is -0.139. The molecule has 158 valence electrons. The van der Waals surface area contributed by atoms with E-state index in [4.69, 9.17) is 0 Å². The number of hydrogen-bond donors (Lipinski definition) is 1. The van der Waals surface area contributed by atoms with Crippen LogP contribution in [0.2, 0.25) is 0 Å². The van der Waals surface area contributed by atoms with Crippen molar-refractivity contribution >= 4 is 11.8 Å². The van der Waals surface area contributed by atoms with E-state index in [9.17, 15) is 9.59 Å². The molecule has 2 amide bonds. The molecular formula is C25H36N2O2. The number of nitrogens with one attached hydrogen (secondary N) is 1. The van der Waals surface area contributed by atoms with Crippen LogP contribution in [0.5, 0.6) is 0 Å². The SMILES string of the molecule is CCCCC(=O)N[C@H]1CC[C@@]23CCCN2C(=O)CCC[C@H]3[C@H]1Cc1ccccc1. The number of hydrogen-bond acceptors (Lipinski definition) is 2. The maximum atomic E-state index is 12.8. The number of unbranched alkanes of at least 4 members (excludes halogenated alkanes) is 1. The highest BCUT2D eigenvalue weighted by atomic mass is 16.2. The van der Waals surface area contributed by atoms with Crippen molar-refractivity contribution in [2.45, 2.75) is 89.1 Å². The first-order chi connectivity index (χ1) is 14.1. The lowest BCUT2D eigenvalue weighted by Gasteiger charge is -2.53. The number of benzene rings is 1. The van der Waals surface area contributed by atoms with Crippen molar-refractivity contribution < 1.29 is 9.59 Å². The van der Waals surface area contributed by atoms with Gasteiger partial charge in [-0.1, -0.05) is 43.7 Å². The van der Waals surface area contributed by atoms with Crippen molar-refractivity contribution in [3.63, 3.8) is 0 Å². The van der Waals surface area contributed by atoms with Gasteiger partial charge in [-0.15, -0.1) is 0 Å². The van der Waals surface area contributed by atoms with Crippen molar-refractivity contribution in [1.29, 1.82) is 0 Å². The van der Waals surface area contributed by atoms with E-state index in [1.807, 2.05) is 0 Å². The molecule has 1 aromatic carbocycles. The number of nitrogens with zero attached hydrogens (tertiary/aromatic N) is 1. The van der Waals surface area contributed by atoms with Crippen molar-refractivity contribution in [3.05, 3.63) is 35.9 Å². The molecule has 4 rings (SSSR count). The van der Waals surface area contributed by atoms with Crippen LogP contribution in [0.1, 0.15) is 76.7 Å². The maximum absolute atomic E-state index is 12.8. The smallest absolute Gasteiger partial charge is 0.223 e. The topological polar surface area (TPSA) is 49.4 Å². The van der Waals surface area contributed by atoms with Crippen LogP contribution in [0.15, 0.2) is 30.3 Å². The minimum atomic E-state index is 0.0394. The molecule has 0 bridgehead atoms. The van der Waals surface area contributed by atoms with Crippen LogP contribution in [0.3, 0.4) is 0 Å². The molecule has 1 spiro atoms. The highest BCUT2D eigenvalue weighted by Gasteiger charge is 2.56. The fourth-order valence-electron chi connectivity index (χ4n) is 6.46. The van der Waals surface area contributed by atoms with Crippen LogP contribution in [0.4, 0.5) is 0 Å². The summed E-state index contributed by atoms with van der Waals surface area (Å²) in [5, 5.41) is 3.42. The molecule has 1 N–H and O–H groups in total. The van der Waals surface area contributed by atoms with Crippen LogP contribution < -0.4 is 5.32 Å². The Labute approximate surface area is 175 Å². The average Bonchev–Trinajstić information content (AvgIpc) is 3.10. The van der Waals surface area contributed by atoms with Gasteiger partial charge >= 0.3 is 0 Å². The van der Waals surface area contributed by atoms with E-state index < -0.39 is 0 Å². The molecule has 4 heteroatoms. The molecule has 0 aromatic heterocycles. The van der Waals surface area contributed by atoms with Crippen LogP contribution in [0, 0.1) is 11.8 Å². The first kappa shape index (κ1) is 20.4. The van der Waals surface area contributed by atoms with Gasteiger partial charge in [-0.25, -0.2) is 0 Å². The predicted molar refractivity (Wildman–Crippen MR) is 115 cm³/mol. The zero-order valence-corrected chi connectivity index (χ0v) is 17.9. The summed E-state index contributed by atoms with van der Waals surface area (Å²) in [7, 11) is 0. The Morgan fingerprint density at radius 3 is 2.79 bits per heavy atom. The summed E-state index contributed by atoms with van der Waals surface area (Å²) in [5.41, 5.74) is 1.39. The van der Waals surface area contributed by atoms with Crippen molar-refractivity contribution in [3.8, 4) is 0 Å². The van der Waals surface area contributed by atoms with Crippen LogP contribution in [-0.2, 0) is 16.0 Å². The zero-order valence-electron chi connectivity index (χ0n) is 17.9. The molecule has 1 saturated carbocycles. The fourth-order valence-corrected chi connectivity index (χ4v) is 6.46. The number of carbonyl (C=O) groups is 2. The molecule has 2 heterocycles. The van der Waals surface area contributed by atoms with E-state index in [0.717, 1.165) is 64.3 Å². The summed E-state index contributed by atoms with van der Waals surface area (Å²) >= 11 is 0. The Morgan fingerprint density at radius 2 is 2.00 bits per heavy atom. The third kappa shape index (κ3) is 4.08. The Bertz CT molecular complexity index is 719. The highest BCUT2D eigenvalue weighted by molar-refractivity contribution is 5.78. The zero-order chi connectivity index (χ0) is 20.3. The monoisotopic (exact) mass is 396 g/mol. The van der Waals surface area contributed by atoms with Crippen molar-refractivity contribution in [2.24, 2.45) is 11.8 Å². The molecule has 29 heavy (non-hydrogen) atoms. The summed E-state index contributed by atoms with van der Waals surface area (Å²) in [5.74, 6) is 1.47. The normalized spacial score (nSPS) is 31.7. The van der Waals surface area contributed by atoms with Gasteiger partial charge in [0.05, 0.1) is 0 Å². The summed E-state index contributed by atoms with van der Waals surface area (Å²) in [6, 6.07) is 10.9. The molecule has 3 aliphatic rings. The lowest BCUT2D eigenvalue weighted by Crippen LogP contribution is -2.60. The highest BCUT2D eigenvalue weighted by Crippen LogP contribution is 2.52. The number of amides is 2. The van der Waals surface area contributed by atoms with Crippen LogP contribution >= 0.6 is 0 Å². The van der Waals surface area contributed by atoms with Gasteiger partial charge in [-0.05, 0) is 68.8 Å². The molecule has 2 saturated heterocycles. The van der Waals surface area contributed by atoms with Gasteiger partial charge < -0.3 is 10.2 Å². The molecule has 0 radical (unpaired) electrons. The molecule has 2 aliphatic heterocycles. The van der Waals surface area contributed by atoms with Gasteiger partial charge in [0.25, 0.3) is 0 Å². The van der Waals surface area contributed by atoms with E-state index in [1.165, 1.54) is 5.56 Å².